The molecule has 124 valence electrons. The van der Waals surface area contributed by atoms with Gasteiger partial charge in [0, 0.05) is 13.1 Å². The van der Waals surface area contributed by atoms with Crippen molar-refractivity contribution in [3.05, 3.63) is 35.9 Å². The fraction of sp³-hybridized carbons (Fsp3) is 0.438. The molecule has 1 aromatic heterocycles. The van der Waals surface area contributed by atoms with Gasteiger partial charge in [-0.3, -0.25) is 4.79 Å². The molecule has 0 aliphatic rings. The average Bonchev–Trinajstić information content (AvgIpc) is 3.01. The topological polar surface area (TPSA) is 66.9 Å². The van der Waals surface area contributed by atoms with Gasteiger partial charge in [-0.05, 0) is 25.3 Å². The molecule has 1 heterocycles. The van der Waals surface area contributed by atoms with Crippen LogP contribution in [-0.4, -0.2) is 34.4 Å². The maximum absolute atomic E-state index is 12.1. The van der Waals surface area contributed by atoms with E-state index in [-0.39, 0.29) is 11.2 Å². The highest BCUT2D eigenvalue weighted by atomic mass is 32.2. The molecule has 0 saturated heterocycles. The quantitative estimate of drug-likeness (QED) is 0.680. The molecule has 0 fully saturated rings. The molecule has 2 N–H and O–H groups in total. The van der Waals surface area contributed by atoms with Gasteiger partial charge in [-0.15, -0.1) is 10.2 Å². The molecule has 1 aromatic carbocycles. The molecule has 1 amide bonds. The minimum atomic E-state index is -0.183. The Kier molecular flexibility index (Phi) is 7.35. The molecule has 2 aromatic rings. The second-order valence-electron chi connectivity index (χ2n) is 5.09. The van der Waals surface area contributed by atoms with Crippen LogP contribution >= 0.6 is 23.1 Å². The van der Waals surface area contributed by atoms with Crippen LogP contribution in [0.4, 0.5) is 5.13 Å². The molecule has 0 radical (unpaired) electrons. The number of amides is 1. The predicted molar refractivity (Wildman–Crippen MR) is 97.2 cm³/mol. The van der Waals surface area contributed by atoms with Gasteiger partial charge >= 0.3 is 0 Å². The Morgan fingerprint density at radius 1 is 1.26 bits per heavy atom. The summed E-state index contributed by atoms with van der Waals surface area (Å²) < 4.78 is 0.814. The third-order valence-electron chi connectivity index (χ3n) is 3.14. The van der Waals surface area contributed by atoms with Gasteiger partial charge in [0.15, 0.2) is 4.34 Å². The summed E-state index contributed by atoms with van der Waals surface area (Å²) in [5.41, 5.74) is 1.23. The van der Waals surface area contributed by atoms with Crippen molar-refractivity contribution in [2.75, 3.05) is 18.4 Å². The van der Waals surface area contributed by atoms with Crippen LogP contribution in [-0.2, 0) is 11.2 Å². The van der Waals surface area contributed by atoms with Crippen LogP contribution in [0.5, 0.6) is 0 Å². The van der Waals surface area contributed by atoms with Crippen molar-refractivity contribution in [3.8, 4) is 0 Å². The van der Waals surface area contributed by atoms with Crippen molar-refractivity contribution in [1.29, 1.82) is 0 Å². The largest absolute Gasteiger partial charge is 0.360 e. The second kappa shape index (κ2) is 9.52. The van der Waals surface area contributed by atoms with E-state index in [1.807, 2.05) is 25.1 Å². The van der Waals surface area contributed by atoms with Crippen molar-refractivity contribution in [1.82, 2.24) is 15.5 Å². The van der Waals surface area contributed by atoms with E-state index in [0.717, 1.165) is 28.9 Å². The highest BCUT2D eigenvalue weighted by molar-refractivity contribution is 8.02. The van der Waals surface area contributed by atoms with Crippen molar-refractivity contribution in [2.45, 2.75) is 36.3 Å². The molecular formula is C16H22N4OS2. The van der Waals surface area contributed by atoms with Gasteiger partial charge in [-0.2, -0.15) is 0 Å². The number of carbonyl (C=O) groups is 1. The van der Waals surface area contributed by atoms with Crippen molar-refractivity contribution in [3.63, 3.8) is 0 Å². The number of hydrogen-bond acceptors (Lipinski definition) is 6. The summed E-state index contributed by atoms with van der Waals surface area (Å²) in [6, 6.07) is 10.1. The molecule has 0 saturated carbocycles. The molecule has 0 aliphatic carbocycles. The molecule has 2 rings (SSSR count). The van der Waals surface area contributed by atoms with Gasteiger partial charge in [-0.1, -0.05) is 60.4 Å². The van der Waals surface area contributed by atoms with Crippen LogP contribution < -0.4 is 10.6 Å². The van der Waals surface area contributed by atoms with Crippen molar-refractivity contribution >= 4 is 34.1 Å². The minimum absolute atomic E-state index is 0.0317. The zero-order valence-corrected chi connectivity index (χ0v) is 15.0. The molecule has 0 spiro atoms. The number of hydrogen-bond donors (Lipinski definition) is 2. The zero-order chi connectivity index (χ0) is 16.5. The van der Waals surface area contributed by atoms with Gasteiger partial charge in [-0.25, -0.2) is 0 Å². The van der Waals surface area contributed by atoms with Crippen LogP contribution in [0.1, 0.15) is 25.8 Å². The van der Waals surface area contributed by atoms with E-state index in [9.17, 15) is 4.79 Å². The average molecular weight is 351 g/mol. The standard InChI is InChI=1S/C16H22N4OS2/c1-3-10-18-15-19-20-16(23-15)22-12(2)14(21)17-11-9-13-7-5-4-6-8-13/h4-8,12H,3,9-11H2,1-2H3,(H,17,21)(H,18,19). The first kappa shape index (κ1) is 17.7. The van der Waals surface area contributed by atoms with Gasteiger partial charge in [0.1, 0.15) is 0 Å². The summed E-state index contributed by atoms with van der Waals surface area (Å²) in [6.45, 7) is 5.52. The Morgan fingerprint density at radius 2 is 2.04 bits per heavy atom. The van der Waals surface area contributed by atoms with E-state index in [4.69, 9.17) is 0 Å². The number of nitrogens with zero attached hydrogens (tertiary/aromatic N) is 2. The monoisotopic (exact) mass is 350 g/mol. The molecular weight excluding hydrogens is 328 g/mol. The second-order valence-corrected chi connectivity index (χ2v) is 7.65. The first-order valence-corrected chi connectivity index (χ1v) is 9.44. The van der Waals surface area contributed by atoms with Crippen LogP contribution in [0.25, 0.3) is 0 Å². The Balaban J connectivity index is 1.73. The number of nitrogens with one attached hydrogen (secondary N) is 2. The van der Waals surface area contributed by atoms with Crippen LogP contribution in [0.15, 0.2) is 34.7 Å². The van der Waals surface area contributed by atoms with Crippen LogP contribution in [0.2, 0.25) is 0 Å². The minimum Gasteiger partial charge on any atom is -0.360 e. The third kappa shape index (κ3) is 6.19. The van der Waals surface area contributed by atoms with Gasteiger partial charge in [0.2, 0.25) is 11.0 Å². The number of benzene rings is 1. The first-order valence-electron chi connectivity index (χ1n) is 7.74. The van der Waals surface area contributed by atoms with E-state index in [2.05, 4.69) is 39.9 Å². The van der Waals surface area contributed by atoms with Crippen molar-refractivity contribution < 1.29 is 4.79 Å². The Morgan fingerprint density at radius 3 is 2.78 bits per heavy atom. The predicted octanol–water partition coefficient (Wildman–Crippen LogP) is 3.20. The molecule has 23 heavy (non-hydrogen) atoms. The first-order chi connectivity index (χ1) is 11.2. The number of anilines is 1. The molecule has 1 atom stereocenters. The fourth-order valence-corrected chi connectivity index (χ4v) is 3.83. The number of thioether (sulfide) groups is 1. The lowest BCUT2D eigenvalue weighted by molar-refractivity contribution is -0.120. The van der Waals surface area contributed by atoms with E-state index in [0.29, 0.717) is 6.54 Å². The van der Waals surface area contributed by atoms with E-state index >= 15 is 0 Å². The Hall–Kier alpha value is -1.60. The lowest BCUT2D eigenvalue weighted by atomic mass is 10.1. The van der Waals surface area contributed by atoms with Gasteiger partial charge in [0.05, 0.1) is 5.25 Å². The fourth-order valence-electron chi connectivity index (χ4n) is 1.88. The maximum atomic E-state index is 12.1. The summed E-state index contributed by atoms with van der Waals surface area (Å²) >= 11 is 2.93. The highest BCUT2D eigenvalue weighted by Gasteiger charge is 2.16. The van der Waals surface area contributed by atoms with Gasteiger partial charge < -0.3 is 10.6 Å². The Bertz CT molecular complexity index is 603. The Labute approximate surface area is 145 Å². The van der Waals surface area contributed by atoms with E-state index in [1.165, 1.54) is 28.7 Å². The van der Waals surface area contributed by atoms with E-state index in [1.54, 1.807) is 0 Å². The zero-order valence-electron chi connectivity index (χ0n) is 13.4. The number of rotatable bonds is 9. The molecule has 5 nitrogen and oxygen atoms in total. The van der Waals surface area contributed by atoms with Crippen LogP contribution in [0.3, 0.4) is 0 Å². The summed E-state index contributed by atoms with van der Waals surface area (Å²) in [4.78, 5) is 12.1. The number of aromatic nitrogens is 2. The highest BCUT2D eigenvalue weighted by Crippen LogP contribution is 2.28. The summed E-state index contributed by atoms with van der Waals surface area (Å²) in [5.74, 6) is 0.0317. The van der Waals surface area contributed by atoms with Crippen molar-refractivity contribution in [2.24, 2.45) is 0 Å². The SMILES string of the molecule is CCCNc1nnc(SC(C)C(=O)NCCc2ccccc2)s1. The third-order valence-corrected chi connectivity index (χ3v) is 5.20. The number of carbonyl (C=O) groups excluding carboxylic acids is 1. The molecule has 0 bridgehead atoms. The molecule has 0 aliphatic heterocycles. The van der Waals surface area contributed by atoms with E-state index < -0.39 is 0 Å². The summed E-state index contributed by atoms with van der Waals surface area (Å²) in [7, 11) is 0. The lowest BCUT2D eigenvalue weighted by Crippen LogP contribution is -2.32. The maximum Gasteiger partial charge on any atom is 0.233 e. The van der Waals surface area contributed by atoms with Gasteiger partial charge in [0.25, 0.3) is 0 Å². The van der Waals surface area contributed by atoms with Crippen LogP contribution in [0, 0.1) is 0 Å². The summed E-state index contributed by atoms with van der Waals surface area (Å²) in [6.07, 6.45) is 1.89. The summed E-state index contributed by atoms with van der Waals surface area (Å²) in [5, 5.41) is 15.0. The smallest absolute Gasteiger partial charge is 0.233 e. The molecule has 7 heteroatoms. The lowest BCUT2D eigenvalue weighted by Gasteiger charge is -2.10. The normalized spacial score (nSPS) is 11.9. The molecule has 1 unspecified atom stereocenters.